The maximum absolute atomic E-state index is 12.6. The van der Waals surface area contributed by atoms with Gasteiger partial charge in [0.2, 0.25) is 0 Å². The molecule has 0 aromatic rings. The number of quaternary nitrogens is 1. The Labute approximate surface area is 175 Å². The molecule has 0 aliphatic heterocycles. The second-order valence-electron chi connectivity index (χ2n) is 9.01. The van der Waals surface area contributed by atoms with Crippen LogP contribution in [-0.2, 0) is 9.09 Å². The Balaban J connectivity index is 3.69. The number of nitrogens with zero attached hydrogens (tertiary/aromatic N) is 1. The molecule has 28 heavy (non-hydrogen) atoms. The van der Waals surface area contributed by atoms with E-state index in [0.29, 0.717) is 17.5 Å². The first kappa shape index (κ1) is 27.8. The fourth-order valence-electron chi connectivity index (χ4n) is 3.52. The van der Waals surface area contributed by atoms with Gasteiger partial charge < -0.3 is 13.9 Å². The maximum atomic E-state index is 12.6. The van der Waals surface area contributed by atoms with E-state index in [-0.39, 0.29) is 5.78 Å². The van der Waals surface area contributed by atoms with Gasteiger partial charge in [-0.1, -0.05) is 70.9 Å². The van der Waals surface area contributed by atoms with Crippen molar-refractivity contribution >= 4 is 7.60 Å². The molecule has 0 amide bonds. The molecule has 0 fully saturated rings. The van der Waals surface area contributed by atoms with E-state index in [1.165, 1.54) is 64.2 Å². The van der Waals surface area contributed by atoms with Crippen molar-refractivity contribution < 1.29 is 18.5 Å². The molecule has 0 saturated carbocycles. The largest absolute Gasteiger partial charge is 0.385 e. The van der Waals surface area contributed by atoms with E-state index in [0.717, 1.165) is 19.3 Å². The summed E-state index contributed by atoms with van der Waals surface area (Å²) in [5.41, 5.74) is 0. The number of allylic oxidation sites excluding steroid dienone is 2. The van der Waals surface area contributed by atoms with Gasteiger partial charge in [-0.15, -0.1) is 0 Å². The molecule has 0 radical (unpaired) electrons. The first-order valence-corrected chi connectivity index (χ1v) is 13.3. The van der Waals surface area contributed by atoms with Crippen molar-refractivity contribution in [1.82, 2.24) is 0 Å². The summed E-state index contributed by atoms with van der Waals surface area (Å²) in [6.45, 7) is 4.70. The summed E-state index contributed by atoms with van der Waals surface area (Å²) in [5.74, 6) is -0.337. The van der Waals surface area contributed by atoms with Crippen LogP contribution in [0.2, 0.25) is 0 Å². The summed E-state index contributed by atoms with van der Waals surface area (Å²) in [6, 6.07) is 0. The molecule has 0 aliphatic rings. The van der Waals surface area contributed by atoms with E-state index >= 15 is 0 Å². The molecule has 0 aromatic carbocycles. The van der Waals surface area contributed by atoms with Crippen LogP contribution < -0.4 is 0 Å². The molecule has 0 aromatic heterocycles. The van der Waals surface area contributed by atoms with Gasteiger partial charge in [-0.25, -0.2) is 0 Å². The zero-order chi connectivity index (χ0) is 21.3. The monoisotopic (exact) mass is 418 g/mol. The van der Waals surface area contributed by atoms with Gasteiger partial charge in [-0.2, -0.15) is 0 Å². The molecule has 1 N–H and O–H groups in total. The van der Waals surface area contributed by atoms with Gasteiger partial charge in [0.1, 0.15) is 0 Å². The molecule has 0 saturated heterocycles. The van der Waals surface area contributed by atoms with Crippen molar-refractivity contribution in [3.8, 4) is 0 Å². The first-order chi connectivity index (χ1) is 13.3. The second-order valence-corrected chi connectivity index (χ2v) is 11.0. The lowest BCUT2D eigenvalue weighted by atomic mass is 10.1. The fourth-order valence-corrected chi connectivity index (χ4v) is 5.55. The Kier molecular flexibility index (Phi) is 16.5. The summed E-state index contributed by atoms with van der Waals surface area (Å²) in [4.78, 5) is 10.4. The van der Waals surface area contributed by atoms with Gasteiger partial charge in [-0.05, 0) is 38.5 Å². The Morgan fingerprint density at radius 1 is 0.821 bits per heavy atom. The highest BCUT2D eigenvalue weighted by molar-refractivity contribution is 7.53. The minimum Gasteiger partial charge on any atom is -0.320 e. The van der Waals surface area contributed by atoms with Crippen LogP contribution in [0, 0.1) is 0 Å². The van der Waals surface area contributed by atoms with Crippen LogP contribution in [-0.4, -0.2) is 42.9 Å². The quantitative estimate of drug-likeness (QED) is 0.104. The van der Waals surface area contributed by atoms with Crippen molar-refractivity contribution in [2.24, 2.45) is 0 Å². The summed E-state index contributed by atoms with van der Waals surface area (Å²) in [6.07, 6.45) is 21.1. The lowest BCUT2D eigenvalue weighted by Crippen LogP contribution is -2.45. The Morgan fingerprint density at radius 3 is 1.82 bits per heavy atom. The summed E-state index contributed by atoms with van der Waals surface area (Å²) >= 11 is 0. The highest BCUT2D eigenvalue weighted by Gasteiger charge is 2.41. The van der Waals surface area contributed by atoms with E-state index in [1.807, 2.05) is 28.1 Å². The van der Waals surface area contributed by atoms with E-state index in [1.54, 1.807) is 0 Å². The van der Waals surface area contributed by atoms with Crippen molar-refractivity contribution in [2.75, 3.05) is 27.7 Å². The normalized spacial score (nSPS) is 15.8. The van der Waals surface area contributed by atoms with E-state index in [4.69, 9.17) is 4.52 Å². The average molecular weight is 419 g/mol. The van der Waals surface area contributed by atoms with Gasteiger partial charge in [0.15, 0.2) is 5.78 Å². The van der Waals surface area contributed by atoms with E-state index in [2.05, 4.69) is 19.1 Å². The van der Waals surface area contributed by atoms with Crippen molar-refractivity contribution in [3.05, 3.63) is 12.2 Å². The highest BCUT2D eigenvalue weighted by Crippen LogP contribution is 2.51. The van der Waals surface area contributed by atoms with Crippen LogP contribution in [0.15, 0.2) is 12.2 Å². The second kappa shape index (κ2) is 16.6. The van der Waals surface area contributed by atoms with Gasteiger partial charge >= 0.3 is 7.60 Å². The zero-order valence-electron chi connectivity index (χ0n) is 19.5. The van der Waals surface area contributed by atoms with Crippen molar-refractivity contribution in [3.63, 3.8) is 0 Å². The van der Waals surface area contributed by atoms with Crippen molar-refractivity contribution in [1.29, 1.82) is 0 Å². The van der Waals surface area contributed by atoms with Crippen LogP contribution in [0.3, 0.4) is 0 Å². The molecule has 0 bridgehead atoms. The van der Waals surface area contributed by atoms with Gasteiger partial charge in [0.25, 0.3) is 0 Å². The molecule has 0 spiro atoms. The average Bonchev–Trinajstić information content (AvgIpc) is 2.61. The van der Waals surface area contributed by atoms with E-state index < -0.39 is 7.60 Å². The van der Waals surface area contributed by atoms with Crippen LogP contribution in [0.4, 0.5) is 0 Å². The minimum absolute atomic E-state index is 0.337. The molecule has 0 rings (SSSR count). The molecule has 2 unspecified atom stereocenters. The molecule has 5 heteroatoms. The fraction of sp³-hybridized carbons (Fsp3) is 0.913. The summed E-state index contributed by atoms with van der Waals surface area (Å²) in [5, 5.41) is 0. The number of hydrogen-bond acceptors (Lipinski definition) is 2. The predicted octanol–water partition coefficient (Wildman–Crippen LogP) is 7.28. The van der Waals surface area contributed by atoms with Gasteiger partial charge in [-0.3, -0.25) is 4.57 Å². The summed E-state index contributed by atoms with van der Waals surface area (Å²) < 4.78 is 18.5. The third kappa shape index (κ3) is 14.8. The van der Waals surface area contributed by atoms with Gasteiger partial charge in [0, 0.05) is 6.42 Å². The number of unbranched alkanes of at least 4 members (excludes halogenated alkanes) is 10. The third-order valence-corrected chi connectivity index (χ3v) is 7.51. The van der Waals surface area contributed by atoms with Crippen molar-refractivity contribution in [2.45, 2.75) is 110 Å². The molecule has 0 heterocycles. The third-order valence-electron chi connectivity index (χ3n) is 5.25. The highest BCUT2D eigenvalue weighted by atomic mass is 31.2. The SMILES string of the molecule is CCCCCCC/C=C\CCCCCCCOP(=O)(O)C(CCC)[N+](C)(C)C. The molecule has 2 atom stereocenters. The molecular weight excluding hydrogens is 369 g/mol. The van der Waals surface area contributed by atoms with Crippen LogP contribution in [0.25, 0.3) is 0 Å². The first-order valence-electron chi connectivity index (χ1n) is 11.7. The lowest BCUT2D eigenvalue weighted by molar-refractivity contribution is -0.883. The topological polar surface area (TPSA) is 46.5 Å². The Hall–Kier alpha value is -0.150. The van der Waals surface area contributed by atoms with Crippen LogP contribution in [0.5, 0.6) is 0 Å². The lowest BCUT2D eigenvalue weighted by Gasteiger charge is -2.35. The van der Waals surface area contributed by atoms with Crippen LogP contribution in [0.1, 0.15) is 104 Å². The standard InChI is InChI=1S/C23H48NO3P/c1-6-8-9-10-11-12-13-14-15-16-17-18-19-20-22-27-28(25,26)23(21-7-2)24(3,4)5/h13-14,23H,6-12,15-22H2,1-5H3/p+1/b14-13-. The summed E-state index contributed by atoms with van der Waals surface area (Å²) in [7, 11) is 2.33. The molecule has 4 nitrogen and oxygen atoms in total. The smallest absolute Gasteiger partial charge is 0.320 e. The molecule has 168 valence electrons. The maximum Gasteiger partial charge on any atom is 0.385 e. The van der Waals surface area contributed by atoms with Gasteiger partial charge in [0.05, 0.1) is 27.7 Å². The Morgan fingerprint density at radius 2 is 1.32 bits per heavy atom. The number of hydrogen-bond donors (Lipinski definition) is 1. The predicted molar refractivity (Wildman–Crippen MR) is 123 cm³/mol. The number of rotatable bonds is 19. The minimum atomic E-state index is -3.56. The van der Waals surface area contributed by atoms with E-state index in [9.17, 15) is 9.46 Å². The van der Waals surface area contributed by atoms with Crippen LogP contribution >= 0.6 is 7.60 Å². The molecular formula is C23H49NO3P+. The zero-order valence-corrected chi connectivity index (χ0v) is 20.4. The Bertz CT molecular complexity index is 432. The molecule has 0 aliphatic carbocycles.